The maximum Gasteiger partial charge on any atom is 0.229 e. The molecule has 2 rings (SSSR count). The van der Waals surface area contributed by atoms with Gasteiger partial charge in [0.25, 0.3) is 0 Å². The van der Waals surface area contributed by atoms with E-state index in [4.69, 9.17) is 5.11 Å². The second kappa shape index (κ2) is 5.60. The highest BCUT2D eigenvalue weighted by Crippen LogP contribution is 2.19. The number of nitrogens with zero attached hydrogens (tertiary/aromatic N) is 2. The molecule has 0 saturated carbocycles. The van der Waals surface area contributed by atoms with Crippen LogP contribution in [0.5, 0.6) is 0 Å². The minimum Gasteiger partial charge on any atom is -0.396 e. The number of carbonyl (C=O) groups is 2. The fourth-order valence-electron chi connectivity index (χ4n) is 2.65. The molecule has 2 amide bonds. The topological polar surface area (TPSA) is 60.9 Å². The molecule has 2 saturated heterocycles. The first-order valence-corrected chi connectivity index (χ1v) is 6.37. The van der Waals surface area contributed by atoms with Gasteiger partial charge >= 0.3 is 0 Å². The summed E-state index contributed by atoms with van der Waals surface area (Å²) in [5.74, 6) is 0.521. The van der Waals surface area contributed by atoms with Crippen molar-refractivity contribution in [2.24, 2.45) is 5.92 Å². The Balaban J connectivity index is 1.72. The summed E-state index contributed by atoms with van der Waals surface area (Å²) >= 11 is 0. The van der Waals surface area contributed by atoms with E-state index in [-0.39, 0.29) is 18.4 Å². The molecule has 0 bridgehead atoms. The molecule has 17 heavy (non-hydrogen) atoms. The summed E-state index contributed by atoms with van der Waals surface area (Å²) in [6, 6.07) is 0. The average Bonchev–Trinajstić information content (AvgIpc) is 2.86. The largest absolute Gasteiger partial charge is 0.396 e. The fourth-order valence-corrected chi connectivity index (χ4v) is 2.65. The first-order valence-electron chi connectivity index (χ1n) is 6.37. The van der Waals surface area contributed by atoms with Crippen molar-refractivity contribution in [3.05, 3.63) is 0 Å². The number of imide groups is 1. The van der Waals surface area contributed by atoms with Crippen LogP contribution in [-0.2, 0) is 9.59 Å². The predicted octanol–water partition coefficient (Wildman–Crippen LogP) is -0.160. The molecule has 1 N–H and O–H groups in total. The molecule has 0 aromatic rings. The highest BCUT2D eigenvalue weighted by Gasteiger charge is 2.29. The van der Waals surface area contributed by atoms with Crippen LogP contribution in [0.4, 0.5) is 0 Å². The SMILES string of the molecule is O=C1CCC(=O)N1CCN1CCC(CCO)C1. The van der Waals surface area contributed by atoms with Gasteiger partial charge in [0.2, 0.25) is 11.8 Å². The summed E-state index contributed by atoms with van der Waals surface area (Å²) in [7, 11) is 0. The number of aliphatic hydroxyl groups is 1. The minimum atomic E-state index is -0.0268. The van der Waals surface area contributed by atoms with Gasteiger partial charge in [0.05, 0.1) is 0 Å². The van der Waals surface area contributed by atoms with Crippen molar-refractivity contribution < 1.29 is 14.7 Å². The van der Waals surface area contributed by atoms with Gasteiger partial charge in [0.1, 0.15) is 0 Å². The lowest BCUT2D eigenvalue weighted by molar-refractivity contribution is -0.138. The number of hydrogen-bond donors (Lipinski definition) is 1. The Hall–Kier alpha value is -0.940. The number of hydrogen-bond acceptors (Lipinski definition) is 4. The Kier molecular flexibility index (Phi) is 4.12. The quantitative estimate of drug-likeness (QED) is 0.678. The third kappa shape index (κ3) is 3.04. The van der Waals surface area contributed by atoms with Gasteiger partial charge in [0.15, 0.2) is 0 Å². The maximum absolute atomic E-state index is 11.4. The first kappa shape index (κ1) is 12.5. The summed E-state index contributed by atoms with van der Waals surface area (Å²) in [6.07, 6.45) is 2.73. The molecule has 2 heterocycles. The highest BCUT2D eigenvalue weighted by atomic mass is 16.3. The van der Waals surface area contributed by atoms with Crippen LogP contribution in [0.15, 0.2) is 0 Å². The molecule has 5 nitrogen and oxygen atoms in total. The van der Waals surface area contributed by atoms with Crippen molar-refractivity contribution in [2.75, 3.05) is 32.8 Å². The van der Waals surface area contributed by atoms with Crippen molar-refractivity contribution in [3.63, 3.8) is 0 Å². The summed E-state index contributed by atoms with van der Waals surface area (Å²) in [5, 5.41) is 8.87. The van der Waals surface area contributed by atoms with Crippen molar-refractivity contribution in [1.82, 2.24) is 9.80 Å². The van der Waals surface area contributed by atoms with Gasteiger partial charge in [-0.2, -0.15) is 0 Å². The van der Waals surface area contributed by atoms with Crippen LogP contribution in [0, 0.1) is 5.92 Å². The number of carbonyl (C=O) groups excluding carboxylic acids is 2. The number of amides is 2. The zero-order chi connectivity index (χ0) is 12.3. The molecule has 1 unspecified atom stereocenters. The van der Waals surface area contributed by atoms with Crippen LogP contribution in [0.25, 0.3) is 0 Å². The van der Waals surface area contributed by atoms with Crippen LogP contribution in [0.2, 0.25) is 0 Å². The van der Waals surface area contributed by atoms with E-state index in [1.54, 1.807) is 0 Å². The average molecular weight is 240 g/mol. The van der Waals surface area contributed by atoms with Gasteiger partial charge in [0, 0.05) is 39.1 Å². The third-order valence-corrected chi connectivity index (χ3v) is 3.70. The Morgan fingerprint density at radius 3 is 2.53 bits per heavy atom. The van der Waals surface area contributed by atoms with Crippen LogP contribution in [0.3, 0.4) is 0 Å². The molecular formula is C12H20N2O3. The number of rotatable bonds is 5. The Morgan fingerprint density at radius 1 is 1.18 bits per heavy atom. The summed E-state index contributed by atoms with van der Waals surface area (Å²) < 4.78 is 0. The van der Waals surface area contributed by atoms with E-state index in [0.717, 1.165) is 32.5 Å². The second-order valence-corrected chi connectivity index (χ2v) is 4.91. The summed E-state index contributed by atoms with van der Waals surface area (Å²) in [5.41, 5.74) is 0. The molecule has 96 valence electrons. The van der Waals surface area contributed by atoms with Crippen LogP contribution in [-0.4, -0.2) is 59.5 Å². The van der Waals surface area contributed by atoms with Crippen molar-refractivity contribution in [1.29, 1.82) is 0 Å². The normalized spacial score (nSPS) is 26.2. The lowest BCUT2D eigenvalue weighted by Crippen LogP contribution is -2.37. The van der Waals surface area contributed by atoms with E-state index in [1.165, 1.54) is 4.90 Å². The molecule has 0 spiro atoms. The molecule has 0 radical (unpaired) electrons. The van der Waals surface area contributed by atoms with Crippen LogP contribution >= 0.6 is 0 Å². The lowest BCUT2D eigenvalue weighted by Gasteiger charge is -2.20. The Morgan fingerprint density at radius 2 is 1.88 bits per heavy atom. The summed E-state index contributed by atoms with van der Waals surface area (Å²) in [4.78, 5) is 26.5. The minimum absolute atomic E-state index is 0.0268. The second-order valence-electron chi connectivity index (χ2n) is 4.91. The highest BCUT2D eigenvalue weighted by molar-refractivity contribution is 6.01. The van der Waals surface area contributed by atoms with E-state index in [9.17, 15) is 9.59 Å². The molecule has 0 aromatic heterocycles. The lowest BCUT2D eigenvalue weighted by atomic mass is 10.1. The first-order chi connectivity index (χ1) is 8.20. The van der Waals surface area contributed by atoms with Crippen molar-refractivity contribution >= 4 is 11.8 Å². The Bertz CT molecular complexity index is 290. The van der Waals surface area contributed by atoms with Gasteiger partial charge in [-0.05, 0) is 25.3 Å². The third-order valence-electron chi connectivity index (χ3n) is 3.70. The van der Waals surface area contributed by atoms with E-state index in [2.05, 4.69) is 4.90 Å². The van der Waals surface area contributed by atoms with Crippen molar-refractivity contribution in [2.45, 2.75) is 25.7 Å². The van der Waals surface area contributed by atoms with Crippen molar-refractivity contribution in [3.8, 4) is 0 Å². The molecular weight excluding hydrogens is 220 g/mol. The molecule has 2 aliphatic rings. The van der Waals surface area contributed by atoms with E-state index in [0.29, 0.717) is 25.3 Å². The smallest absolute Gasteiger partial charge is 0.229 e. The zero-order valence-electron chi connectivity index (χ0n) is 10.1. The molecule has 5 heteroatoms. The summed E-state index contributed by atoms with van der Waals surface area (Å²) in [6.45, 7) is 3.56. The van der Waals surface area contributed by atoms with Gasteiger partial charge in [-0.1, -0.05) is 0 Å². The molecule has 2 fully saturated rings. The van der Waals surface area contributed by atoms with Crippen LogP contribution < -0.4 is 0 Å². The molecule has 1 atom stereocenters. The zero-order valence-corrected chi connectivity index (χ0v) is 10.1. The van der Waals surface area contributed by atoms with Crippen LogP contribution in [0.1, 0.15) is 25.7 Å². The molecule has 0 aromatic carbocycles. The maximum atomic E-state index is 11.4. The van der Waals surface area contributed by atoms with E-state index in [1.807, 2.05) is 0 Å². The Labute approximate surface area is 101 Å². The number of likely N-dealkylation sites (tertiary alicyclic amines) is 2. The number of aliphatic hydroxyl groups excluding tert-OH is 1. The van der Waals surface area contributed by atoms with E-state index < -0.39 is 0 Å². The van der Waals surface area contributed by atoms with Gasteiger partial charge in [-0.25, -0.2) is 0 Å². The van der Waals surface area contributed by atoms with Gasteiger partial charge in [-0.15, -0.1) is 0 Å². The monoisotopic (exact) mass is 240 g/mol. The predicted molar refractivity (Wildman–Crippen MR) is 62.2 cm³/mol. The molecule has 2 aliphatic heterocycles. The van der Waals surface area contributed by atoms with E-state index >= 15 is 0 Å². The van der Waals surface area contributed by atoms with Gasteiger partial charge in [-0.3, -0.25) is 14.5 Å². The van der Waals surface area contributed by atoms with Gasteiger partial charge < -0.3 is 10.0 Å². The fraction of sp³-hybridized carbons (Fsp3) is 0.833. The standard InChI is InChI=1S/C12H20N2O3/c15-8-4-10-3-5-13(9-10)6-7-14-11(16)1-2-12(14)17/h10,15H,1-9H2. The molecule has 0 aliphatic carbocycles.